The first-order valence-electron chi connectivity index (χ1n) is 3.02. The fourth-order valence-corrected chi connectivity index (χ4v) is 0.683. The molecule has 5 heteroatoms. The van der Waals surface area contributed by atoms with Crippen LogP contribution in [0.15, 0.2) is 0 Å². The van der Waals surface area contributed by atoms with Crippen molar-refractivity contribution in [3.05, 3.63) is 0 Å². The maximum atomic E-state index is 9.90. The van der Waals surface area contributed by atoms with Gasteiger partial charge in [-0.05, 0) is 6.42 Å². The molecule has 4 nitrogen and oxygen atoms in total. The third-order valence-electron chi connectivity index (χ3n) is 0.803. The summed E-state index contributed by atoms with van der Waals surface area (Å²) in [6.07, 6.45) is 5.46. The maximum Gasteiger partial charge on any atom is 0.301 e. The Balaban J connectivity index is 2.92. The Morgan fingerprint density at radius 3 is 2.82 bits per heavy atom. The summed E-state index contributed by atoms with van der Waals surface area (Å²) >= 11 is -2.17. The molecular formula is C6H10O4S. The molecule has 0 radical (unpaired) electrons. The van der Waals surface area contributed by atoms with Crippen molar-refractivity contribution in [2.45, 2.75) is 6.42 Å². The highest BCUT2D eigenvalue weighted by Gasteiger charge is 1.92. The average Bonchev–Trinajstić information content (AvgIpc) is 1.96. The lowest BCUT2D eigenvalue weighted by Crippen LogP contribution is -2.02. The minimum Gasteiger partial charge on any atom is -0.369 e. The molecule has 0 spiro atoms. The normalized spacial score (nSPS) is 12.4. The van der Waals surface area contributed by atoms with Crippen molar-refractivity contribution in [2.24, 2.45) is 0 Å². The Hall–Kier alpha value is -0.410. The third kappa shape index (κ3) is 9.59. The van der Waals surface area contributed by atoms with E-state index in [0.29, 0.717) is 13.0 Å². The summed E-state index contributed by atoms with van der Waals surface area (Å²) in [5, 5.41) is 0. The first kappa shape index (κ1) is 10.6. The second-order valence-electron chi connectivity index (χ2n) is 1.65. The predicted molar refractivity (Wildman–Crippen MR) is 41.0 cm³/mol. The fraction of sp³-hybridized carbons (Fsp3) is 0.667. The van der Waals surface area contributed by atoms with Gasteiger partial charge in [-0.25, -0.2) is 0 Å². The molecule has 0 aliphatic heterocycles. The molecule has 1 N–H and O–H groups in total. The van der Waals surface area contributed by atoms with Crippen LogP contribution in [0.4, 0.5) is 0 Å². The summed E-state index contributed by atoms with van der Waals surface area (Å²) in [4.78, 5) is 0. The molecule has 0 aromatic heterocycles. The molecule has 0 heterocycles. The monoisotopic (exact) mass is 178 g/mol. The third-order valence-corrected chi connectivity index (χ3v) is 1.17. The standard InChI is InChI=1S/C6H10O4S/c1-2-4-9-5-3-6-10-11(7)8/h1H,3-6H2,(H,7,8). The molecule has 0 bridgehead atoms. The van der Waals surface area contributed by atoms with Crippen molar-refractivity contribution >= 4 is 11.4 Å². The van der Waals surface area contributed by atoms with Crippen molar-refractivity contribution in [1.82, 2.24) is 0 Å². The zero-order valence-electron chi connectivity index (χ0n) is 5.99. The van der Waals surface area contributed by atoms with Gasteiger partial charge in [-0.15, -0.1) is 6.42 Å². The number of terminal acetylenes is 1. The molecular weight excluding hydrogens is 168 g/mol. The van der Waals surface area contributed by atoms with Crippen LogP contribution in [0, 0.1) is 12.3 Å². The van der Waals surface area contributed by atoms with Crippen molar-refractivity contribution in [3.63, 3.8) is 0 Å². The highest BCUT2D eigenvalue weighted by atomic mass is 32.2. The maximum absolute atomic E-state index is 9.90. The number of ether oxygens (including phenoxy) is 1. The van der Waals surface area contributed by atoms with E-state index in [1.807, 2.05) is 0 Å². The van der Waals surface area contributed by atoms with Crippen molar-refractivity contribution in [1.29, 1.82) is 0 Å². The minimum atomic E-state index is -2.17. The second kappa shape index (κ2) is 7.69. The SMILES string of the molecule is C#CCOCCCOS(=O)O. The van der Waals surface area contributed by atoms with Gasteiger partial charge in [-0.3, -0.25) is 8.74 Å². The Morgan fingerprint density at radius 1 is 1.55 bits per heavy atom. The smallest absolute Gasteiger partial charge is 0.301 e. The van der Waals surface area contributed by atoms with Gasteiger partial charge in [0.25, 0.3) is 0 Å². The lowest BCUT2D eigenvalue weighted by Gasteiger charge is -1.98. The number of hydrogen-bond acceptors (Lipinski definition) is 3. The van der Waals surface area contributed by atoms with E-state index in [-0.39, 0.29) is 13.2 Å². The van der Waals surface area contributed by atoms with E-state index < -0.39 is 11.4 Å². The summed E-state index contributed by atoms with van der Waals surface area (Å²) in [7, 11) is 0. The summed E-state index contributed by atoms with van der Waals surface area (Å²) in [5.41, 5.74) is 0. The molecule has 0 fully saturated rings. The largest absolute Gasteiger partial charge is 0.369 e. The minimum absolute atomic E-state index is 0.202. The van der Waals surface area contributed by atoms with E-state index in [2.05, 4.69) is 10.1 Å². The Kier molecular flexibility index (Phi) is 7.41. The molecule has 1 unspecified atom stereocenters. The molecule has 0 aliphatic carbocycles. The summed E-state index contributed by atoms with van der Waals surface area (Å²) in [5.74, 6) is 2.29. The molecule has 0 amide bonds. The quantitative estimate of drug-likeness (QED) is 0.358. The second-order valence-corrected chi connectivity index (χ2v) is 2.32. The van der Waals surface area contributed by atoms with Crippen LogP contribution in [-0.4, -0.2) is 28.6 Å². The lowest BCUT2D eigenvalue weighted by atomic mass is 10.5. The van der Waals surface area contributed by atoms with Gasteiger partial charge in [0, 0.05) is 0 Å². The van der Waals surface area contributed by atoms with Crippen LogP contribution in [0.5, 0.6) is 0 Å². The molecule has 0 aliphatic rings. The van der Waals surface area contributed by atoms with Gasteiger partial charge >= 0.3 is 11.4 Å². The molecule has 0 saturated carbocycles. The highest BCUT2D eigenvalue weighted by Crippen LogP contribution is 1.86. The highest BCUT2D eigenvalue weighted by molar-refractivity contribution is 7.74. The van der Waals surface area contributed by atoms with Crippen LogP contribution < -0.4 is 0 Å². The van der Waals surface area contributed by atoms with Crippen molar-refractivity contribution < 1.29 is 17.7 Å². The van der Waals surface area contributed by atoms with E-state index in [9.17, 15) is 4.21 Å². The van der Waals surface area contributed by atoms with Gasteiger partial charge in [0.1, 0.15) is 6.61 Å². The van der Waals surface area contributed by atoms with E-state index in [0.717, 1.165) is 0 Å². The molecule has 1 atom stereocenters. The fourth-order valence-electron chi connectivity index (χ4n) is 0.422. The topological polar surface area (TPSA) is 55.8 Å². The zero-order valence-corrected chi connectivity index (χ0v) is 6.80. The number of hydrogen-bond donors (Lipinski definition) is 1. The first-order chi connectivity index (χ1) is 5.27. The van der Waals surface area contributed by atoms with Crippen LogP contribution in [0.2, 0.25) is 0 Å². The molecule has 0 aromatic rings. The van der Waals surface area contributed by atoms with Gasteiger partial charge in [-0.1, -0.05) is 5.92 Å². The molecule has 0 aromatic carbocycles. The van der Waals surface area contributed by atoms with Gasteiger partial charge in [0.05, 0.1) is 13.2 Å². The predicted octanol–water partition coefficient (Wildman–Crippen LogP) is 0.180. The zero-order chi connectivity index (χ0) is 8.53. The average molecular weight is 178 g/mol. The molecule has 64 valence electrons. The van der Waals surface area contributed by atoms with E-state index in [1.165, 1.54) is 0 Å². The Morgan fingerprint density at radius 2 is 2.27 bits per heavy atom. The van der Waals surface area contributed by atoms with Gasteiger partial charge in [-0.2, -0.15) is 4.21 Å². The van der Waals surface area contributed by atoms with Gasteiger partial charge in [0.2, 0.25) is 0 Å². The van der Waals surface area contributed by atoms with Crippen LogP contribution in [-0.2, 0) is 20.3 Å². The van der Waals surface area contributed by atoms with E-state index in [4.69, 9.17) is 15.7 Å². The summed E-state index contributed by atoms with van der Waals surface area (Å²) in [6.45, 7) is 0.914. The molecule has 0 saturated heterocycles. The summed E-state index contributed by atoms with van der Waals surface area (Å²) in [6, 6.07) is 0. The Labute approximate surface area is 68.4 Å². The van der Waals surface area contributed by atoms with Crippen LogP contribution in [0.1, 0.15) is 6.42 Å². The summed E-state index contributed by atoms with van der Waals surface area (Å²) < 4.78 is 27.2. The van der Waals surface area contributed by atoms with Gasteiger partial charge in [0.15, 0.2) is 0 Å². The Bertz CT molecular complexity index is 151. The molecule has 11 heavy (non-hydrogen) atoms. The number of rotatable bonds is 6. The van der Waals surface area contributed by atoms with E-state index in [1.54, 1.807) is 0 Å². The lowest BCUT2D eigenvalue weighted by molar-refractivity contribution is 0.148. The van der Waals surface area contributed by atoms with Crippen molar-refractivity contribution in [2.75, 3.05) is 19.8 Å². The molecule has 0 rings (SSSR count). The van der Waals surface area contributed by atoms with Gasteiger partial charge < -0.3 is 4.74 Å². The van der Waals surface area contributed by atoms with Crippen LogP contribution in [0.3, 0.4) is 0 Å². The van der Waals surface area contributed by atoms with Crippen LogP contribution >= 0.6 is 0 Å². The van der Waals surface area contributed by atoms with Crippen LogP contribution in [0.25, 0.3) is 0 Å². The first-order valence-corrected chi connectivity index (χ1v) is 4.06. The van der Waals surface area contributed by atoms with Crippen molar-refractivity contribution in [3.8, 4) is 12.3 Å². The van der Waals surface area contributed by atoms with E-state index >= 15 is 0 Å².